The number of rotatable bonds is 5. The van der Waals surface area contributed by atoms with Gasteiger partial charge in [-0.25, -0.2) is 4.68 Å². The number of amides is 4. The molecule has 11 nitrogen and oxygen atoms in total. The summed E-state index contributed by atoms with van der Waals surface area (Å²) in [6.07, 6.45) is 3.32. The molecule has 3 aliphatic rings. The highest BCUT2D eigenvalue weighted by molar-refractivity contribution is 6.06. The lowest BCUT2D eigenvalue weighted by Crippen LogP contribution is -2.52. The van der Waals surface area contributed by atoms with Gasteiger partial charge in [-0.1, -0.05) is 11.3 Å². The van der Waals surface area contributed by atoms with Crippen molar-refractivity contribution in [3.05, 3.63) is 41.2 Å². The summed E-state index contributed by atoms with van der Waals surface area (Å²) in [6.45, 7) is 2.15. The van der Waals surface area contributed by atoms with E-state index in [9.17, 15) is 19.2 Å². The second-order valence-electron chi connectivity index (χ2n) is 8.87. The number of anilines is 1. The molecule has 2 aromatic rings. The van der Waals surface area contributed by atoms with E-state index < -0.39 is 11.9 Å². The first-order valence-corrected chi connectivity index (χ1v) is 11.0. The smallest absolute Gasteiger partial charge is 0.255 e. The molecule has 2 unspecified atom stereocenters. The van der Waals surface area contributed by atoms with E-state index in [1.165, 1.54) is 9.58 Å². The highest BCUT2D eigenvalue weighted by Gasteiger charge is 2.40. The predicted octanol–water partition coefficient (Wildman–Crippen LogP) is 0.0969. The first kappa shape index (κ1) is 21.3. The van der Waals surface area contributed by atoms with Crippen LogP contribution in [-0.2, 0) is 27.5 Å². The Morgan fingerprint density at radius 1 is 1.24 bits per heavy atom. The van der Waals surface area contributed by atoms with Crippen molar-refractivity contribution >= 4 is 29.3 Å². The van der Waals surface area contributed by atoms with Gasteiger partial charge in [-0.2, -0.15) is 0 Å². The van der Waals surface area contributed by atoms with Crippen molar-refractivity contribution in [2.24, 2.45) is 0 Å². The number of imide groups is 1. The summed E-state index contributed by atoms with van der Waals surface area (Å²) in [5, 5.41) is 13.5. The summed E-state index contributed by atoms with van der Waals surface area (Å²) < 4.78 is 1.52. The molecule has 2 saturated heterocycles. The Balaban J connectivity index is 1.26. The molecule has 5 rings (SSSR count). The summed E-state index contributed by atoms with van der Waals surface area (Å²) in [5.41, 5.74) is 2.52. The maximum Gasteiger partial charge on any atom is 0.255 e. The van der Waals surface area contributed by atoms with E-state index in [0.717, 1.165) is 25.2 Å². The molecule has 0 spiro atoms. The van der Waals surface area contributed by atoms with E-state index in [4.69, 9.17) is 0 Å². The fourth-order valence-electron chi connectivity index (χ4n) is 4.79. The van der Waals surface area contributed by atoms with Gasteiger partial charge in [0.2, 0.25) is 17.7 Å². The first-order chi connectivity index (χ1) is 15.9. The van der Waals surface area contributed by atoms with Crippen LogP contribution < -0.4 is 10.6 Å². The number of carbonyl (C=O) groups excluding carboxylic acids is 4. The lowest BCUT2D eigenvalue weighted by molar-refractivity contribution is -0.137. The number of carbonyl (C=O) groups is 4. The van der Waals surface area contributed by atoms with Gasteiger partial charge in [0.25, 0.3) is 5.91 Å². The van der Waals surface area contributed by atoms with Crippen molar-refractivity contribution in [1.82, 2.24) is 30.1 Å². The largest absolute Gasteiger partial charge is 0.324 e. The predicted molar refractivity (Wildman–Crippen MR) is 116 cm³/mol. The van der Waals surface area contributed by atoms with Crippen molar-refractivity contribution < 1.29 is 19.2 Å². The van der Waals surface area contributed by atoms with Crippen molar-refractivity contribution in [3.63, 3.8) is 0 Å². The lowest BCUT2D eigenvalue weighted by atomic mass is 10.0. The zero-order valence-corrected chi connectivity index (χ0v) is 18.3. The molecule has 0 aliphatic carbocycles. The molecule has 2 N–H and O–H groups in total. The molecule has 1 aromatic heterocycles. The fraction of sp³-hybridized carbons (Fsp3) is 0.455. The molecule has 1 aromatic carbocycles. The van der Waals surface area contributed by atoms with Crippen molar-refractivity contribution in [1.29, 1.82) is 0 Å². The van der Waals surface area contributed by atoms with E-state index in [1.807, 2.05) is 6.20 Å². The van der Waals surface area contributed by atoms with Crippen LogP contribution in [0.2, 0.25) is 0 Å². The highest BCUT2D eigenvalue weighted by atomic mass is 16.2. The first-order valence-electron chi connectivity index (χ1n) is 11.0. The molecule has 4 amide bonds. The van der Waals surface area contributed by atoms with Gasteiger partial charge in [0.1, 0.15) is 12.6 Å². The molecule has 172 valence electrons. The number of hydrogen-bond donors (Lipinski definition) is 2. The quantitative estimate of drug-likeness (QED) is 0.617. The van der Waals surface area contributed by atoms with Gasteiger partial charge >= 0.3 is 0 Å². The third kappa shape index (κ3) is 4.11. The molecular weight excluding hydrogens is 426 g/mol. The molecule has 0 bridgehead atoms. The van der Waals surface area contributed by atoms with Crippen LogP contribution in [-0.4, -0.2) is 74.6 Å². The normalized spacial score (nSPS) is 23.1. The van der Waals surface area contributed by atoms with E-state index in [-0.39, 0.29) is 43.7 Å². The van der Waals surface area contributed by atoms with Gasteiger partial charge < -0.3 is 15.1 Å². The Bertz CT molecular complexity index is 1140. The average molecular weight is 451 g/mol. The van der Waals surface area contributed by atoms with E-state index in [2.05, 4.69) is 32.9 Å². The van der Waals surface area contributed by atoms with Crippen LogP contribution in [0.5, 0.6) is 0 Å². The molecular formula is C22H25N7O4. The second-order valence-corrected chi connectivity index (χ2v) is 8.87. The Kier molecular flexibility index (Phi) is 5.41. The zero-order valence-electron chi connectivity index (χ0n) is 18.3. The number of fused-ring (bicyclic) bond motifs is 1. The minimum Gasteiger partial charge on any atom is -0.324 e. The number of aromatic nitrogens is 3. The molecule has 11 heteroatoms. The number of likely N-dealkylation sites (N-methyl/N-ethyl adjacent to an activating group) is 1. The van der Waals surface area contributed by atoms with Crippen molar-refractivity contribution in [2.75, 3.05) is 25.5 Å². The molecule has 33 heavy (non-hydrogen) atoms. The molecule has 2 atom stereocenters. The van der Waals surface area contributed by atoms with Gasteiger partial charge in [0, 0.05) is 48.4 Å². The SMILES string of the molecule is CN1CCC(c2cn(CC(=O)Nc3cccc4c3CN(C3CCC(=O)NC3=O)C4=O)nn2)C1. The van der Waals surface area contributed by atoms with E-state index >= 15 is 0 Å². The second kappa shape index (κ2) is 8.39. The van der Waals surface area contributed by atoms with Crippen molar-refractivity contribution in [3.8, 4) is 0 Å². The number of nitrogens with one attached hydrogen (secondary N) is 2. The molecule has 0 radical (unpaired) electrons. The minimum atomic E-state index is -0.700. The number of likely N-dealkylation sites (tertiary alicyclic amines) is 1. The third-order valence-corrected chi connectivity index (χ3v) is 6.53. The summed E-state index contributed by atoms with van der Waals surface area (Å²) in [5.74, 6) is -1.03. The van der Waals surface area contributed by atoms with E-state index in [1.54, 1.807) is 18.2 Å². The van der Waals surface area contributed by atoms with Gasteiger partial charge in [-0.3, -0.25) is 24.5 Å². The van der Waals surface area contributed by atoms with Crippen molar-refractivity contribution in [2.45, 2.75) is 44.3 Å². The summed E-state index contributed by atoms with van der Waals surface area (Å²) in [4.78, 5) is 53.0. The lowest BCUT2D eigenvalue weighted by Gasteiger charge is -2.29. The Morgan fingerprint density at radius 2 is 2.09 bits per heavy atom. The topological polar surface area (TPSA) is 130 Å². The number of hydrogen-bond acceptors (Lipinski definition) is 7. The summed E-state index contributed by atoms with van der Waals surface area (Å²) in [7, 11) is 2.07. The summed E-state index contributed by atoms with van der Waals surface area (Å²) in [6, 6.07) is 4.42. The van der Waals surface area contributed by atoms with Crippen LogP contribution in [0.1, 0.15) is 46.8 Å². The zero-order chi connectivity index (χ0) is 23.1. The average Bonchev–Trinajstić information content (AvgIpc) is 3.48. The molecule has 2 fully saturated rings. The monoisotopic (exact) mass is 451 g/mol. The maximum atomic E-state index is 12.9. The number of nitrogens with zero attached hydrogens (tertiary/aromatic N) is 5. The highest BCUT2D eigenvalue weighted by Crippen LogP contribution is 2.32. The van der Waals surface area contributed by atoms with Crippen LogP contribution in [0, 0.1) is 0 Å². The maximum absolute atomic E-state index is 12.9. The molecule has 0 saturated carbocycles. The standard InChI is InChI=1S/C22H25N7O4/c1-27-8-7-13(9-27)17-11-28(26-25-17)12-20(31)23-16-4-2-3-14-15(16)10-29(22(14)33)18-5-6-19(30)24-21(18)32/h2-4,11,13,18H,5-10,12H2,1H3,(H,23,31)(H,24,30,32). The fourth-order valence-corrected chi connectivity index (χ4v) is 4.79. The molecule has 3 aliphatic heterocycles. The van der Waals surface area contributed by atoms with Crippen LogP contribution in [0.3, 0.4) is 0 Å². The van der Waals surface area contributed by atoms with E-state index in [0.29, 0.717) is 22.7 Å². The Labute approximate surface area is 190 Å². The number of piperidine rings is 1. The van der Waals surface area contributed by atoms with Gasteiger partial charge in [0.15, 0.2) is 0 Å². The number of benzene rings is 1. The third-order valence-electron chi connectivity index (χ3n) is 6.53. The van der Waals surface area contributed by atoms with Crippen LogP contribution in [0.4, 0.5) is 5.69 Å². The minimum absolute atomic E-state index is 0.00400. The van der Waals surface area contributed by atoms with Gasteiger partial charge in [-0.05, 0) is 38.6 Å². The Morgan fingerprint density at radius 3 is 2.85 bits per heavy atom. The van der Waals surface area contributed by atoms with Crippen LogP contribution in [0.25, 0.3) is 0 Å². The van der Waals surface area contributed by atoms with Gasteiger partial charge in [0.05, 0.1) is 5.69 Å². The summed E-state index contributed by atoms with van der Waals surface area (Å²) >= 11 is 0. The van der Waals surface area contributed by atoms with Crippen LogP contribution in [0.15, 0.2) is 24.4 Å². The van der Waals surface area contributed by atoms with Crippen LogP contribution >= 0.6 is 0 Å². The van der Waals surface area contributed by atoms with Gasteiger partial charge in [-0.15, -0.1) is 5.10 Å². The molecule has 4 heterocycles. The Hall–Kier alpha value is -3.60.